The van der Waals surface area contributed by atoms with E-state index in [1.165, 1.54) is 11.1 Å². The molecule has 1 atom stereocenters. The van der Waals surface area contributed by atoms with Gasteiger partial charge in [-0.25, -0.2) is 4.98 Å². The van der Waals surface area contributed by atoms with Crippen molar-refractivity contribution in [2.45, 2.75) is 13.0 Å². The summed E-state index contributed by atoms with van der Waals surface area (Å²) in [6.07, 6.45) is 1.54. The number of nitrogens with zero attached hydrogens (tertiary/aromatic N) is 2. The molecule has 0 saturated heterocycles. The molecular formula is C13H17N3O2. The van der Waals surface area contributed by atoms with Crippen molar-refractivity contribution >= 4 is 5.91 Å². The maximum atomic E-state index is 12.2. The average molecular weight is 247 g/mol. The molecule has 0 aliphatic rings. The van der Waals surface area contributed by atoms with Gasteiger partial charge in [-0.15, -0.1) is 0 Å². The predicted octanol–water partition coefficient (Wildman–Crippen LogP) is -0.155. The van der Waals surface area contributed by atoms with E-state index < -0.39 is 0 Å². The summed E-state index contributed by atoms with van der Waals surface area (Å²) in [5.41, 5.74) is 6.13. The molecule has 0 bridgehead atoms. The molecule has 0 fully saturated rings. The number of hydrogen-bond donors (Lipinski definition) is 2. The quantitative estimate of drug-likeness (QED) is 0.728. The van der Waals surface area contributed by atoms with Crippen molar-refractivity contribution in [1.82, 2.24) is 9.88 Å². The van der Waals surface area contributed by atoms with Gasteiger partial charge in [0.2, 0.25) is 0 Å². The Hall–Kier alpha value is -1.90. The highest BCUT2D eigenvalue weighted by Gasteiger charge is 2.20. The van der Waals surface area contributed by atoms with Gasteiger partial charge in [-0.3, -0.25) is 4.79 Å². The highest BCUT2D eigenvalue weighted by atomic mass is 16.3. The number of aromatic nitrogens is 1. The van der Waals surface area contributed by atoms with E-state index >= 15 is 0 Å². The molecule has 5 heteroatoms. The zero-order chi connectivity index (χ0) is 13.5. The number of pyridine rings is 1. The summed E-state index contributed by atoms with van der Waals surface area (Å²) < 4.78 is 0. The van der Waals surface area contributed by atoms with Crippen LogP contribution in [0.2, 0.25) is 0 Å². The van der Waals surface area contributed by atoms with Crippen molar-refractivity contribution in [3.05, 3.63) is 29.6 Å². The van der Waals surface area contributed by atoms with Crippen LogP contribution in [0.4, 0.5) is 0 Å². The fourth-order valence-corrected chi connectivity index (χ4v) is 1.31. The maximum Gasteiger partial charge on any atom is 0.273 e. The van der Waals surface area contributed by atoms with Crippen LogP contribution in [-0.4, -0.2) is 47.1 Å². The zero-order valence-corrected chi connectivity index (χ0v) is 10.6. The van der Waals surface area contributed by atoms with Gasteiger partial charge in [0.05, 0.1) is 24.8 Å². The maximum absolute atomic E-state index is 12.2. The van der Waals surface area contributed by atoms with E-state index in [1.807, 2.05) is 0 Å². The first-order valence-corrected chi connectivity index (χ1v) is 5.63. The molecule has 1 rings (SSSR count). The minimum Gasteiger partial charge on any atom is -0.394 e. The Morgan fingerprint density at radius 3 is 3.00 bits per heavy atom. The lowest BCUT2D eigenvalue weighted by molar-refractivity contribution is 0.0676. The molecule has 0 radical (unpaired) electrons. The van der Waals surface area contributed by atoms with Gasteiger partial charge in [-0.1, -0.05) is 11.8 Å². The number of likely N-dealkylation sites (N-methyl/N-ethyl adjacent to an activating group) is 1. The Kier molecular flexibility index (Phi) is 5.31. The lowest BCUT2D eigenvalue weighted by Gasteiger charge is -2.23. The van der Waals surface area contributed by atoms with Gasteiger partial charge in [-0.2, -0.15) is 0 Å². The molecule has 1 heterocycles. The Morgan fingerprint density at radius 1 is 1.67 bits per heavy atom. The second-order valence-electron chi connectivity index (χ2n) is 3.85. The Labute approximate surface area is 107 Å². The van der Waals surface area contributed by atoms with Crippen LogP contribution in [0.15, 0.2) is 18.3 Å². The van der Waals surface area contributed by atoms with Gasteiger partial charge in [-0.05, 0) is 19.1 Å². The van der Waals surface area contributed by atoms with Crippen LogP contribution >= 0.6 is 0 Å². The number of carbonyl (C=O) groups excluding carboxylic acids is 1. The van der Waals surface area contributed by atoms with Crippen molar-refractivity contribution < 1.29 is 9.90 Å². The number of aliphatic hydroxyl groups excluding tert-OH is 1. The number of hydrogen-bond acceptors (Lipinski definition) is 4. The molecule has 5 nitrogen and oxygen atoms in total. The first-order valence-electron chi connectivity index (χ1n) is 5.63. The number of rotatable bonds is 3. The van der Waals surface area contributed by atoms with Crippen molar-refractivity contribution in [2.24, 2.45) is 5.73 Å². The lowest BCUT2D eigenvalue weighted by atomic mass is 10.1. The number of aliphatic hydroxyl groups is 1. The topological polar surface area (TPSA) is 79.5 Å². The summed E-state index contributed by atoms with van der Waals surface area (Å²) in [5, 5.41) is 9.05. The summed E-state index contributed by atoms with van der Waals surface area (Å²) >= 11 is 0. The van der Waals surface area contributed by atoms with Gasteiger partial charge in [0.15, 0.2) is 0 Å². The minimum atomic E-state index is -0.269. The second kappa shape index (κ2) is 6.74. The van der Waals surface area contributed by atoms with E-state index in [9.17, 15) is 4.79 Å². The SMILES string of the molecule is CC(CO)N(C)C(=O)c1ncccc1C#CCN. The van der Waals surface area contributed by atoms with Crippen LogP contribution < -0.4 is 5.73 Å². The molecule has 1 aromatic heterocycles. The summed E-state index contributed by atoms with van der Waals surface area (Å²) in [6, 6.07) is 3.17. The molecule has 0 saturated carbocycles. The first-order chi connectivity index (χ1) is 8.61. The largest absolute Gasteiger partial charge is 0.394 e. The molecule has 1 unspecified atom stereocenters. The van der Waals surface area contributed by atoms with Crippen LogP contribution in [0.5, 0.6) is 0 Å². The molecule has 1 aromatic rings. The van der Waals surface area contributed by atoms with Crippen molar-refractivity contribution in [3.8, 4) is 11.8 Å². The third-order valence-corrected chi connectivity index (χ3v) is 2.58. The molecule has 3 N–H and O–H groups in total. The van der Waals surface area contributed by atoms with E-state index in [0.717, 1.165) is 0 Å². The van der Waals surface area contributed by atoms with Crippen LogP contribution in [0.1, 0.15) is 23.0 Å². The molecule has 0 aliphatic carbocycles. The monoisotopic (exact) mass is 247 g/mol. The molecule has 18 heavy (non-hydrogen) atoms. The van der Waals surface area contributed by atoms with Gasteiger partial charge in [0, 0.05) is 13.2 Å². The van der Waals surface area contributed by atoms with Crippen molar-refractivity contribution in [3.63, 3.8) is 0 Å². The average Bonchev–Trinajstić information content (AvgIpc) is 2.42. The van der Waals surface area contributed by atoms with Crippen LogP contribution in [0, 0.1) is 11.8 Å². The summed E-state index contributed by atoms with van der Waals surface area (Å²) in [7, 11) is 1.62. The van der Waals surface area contributed by atoms with Crippen molar-refractivity contribution in [2.75, 3.05) is 20.2 Å². The highest BCUT2D eigenvalue weighted by Crippen LogP contribution is 2.08. The number of amides is 1. The summed E-state index contributed by atoms with van der Waals surface area (Å²) in [5.74, 6) is 5.25. The van der Waals surface area contributed by atoms with Gasteiger partial charge < -0.3 is 15.7 Å². The third-order valence-electron chi connectivity index (χ3n) is 2.58. The Morgan fingerprint density at radius 2 is 2.39 bits per heavy atom. The molecule has 0 spiro atoms. The minimum absolute atomic E-state index is 0.0983. The van der Waals surface area contributed by atoms with Crippen LogP contribution in [-0.2, 0) is 0 Å². The lowest BCUT2D eigenvalue weighted by Crippen LogP contribution is -2.38. The molecule has 0 aromatic carbocycles. The standard InChI is InChI=1S/C13H17N3O2/c1-10(9-17)16(2)13(18)12-11(5-3-7-14)6-4-8-15-12/h4,6,8,10,17H,7,9,14H2,1-2H3. The van der Waals surface area contributed by atoms with Gasteiger partial charge in [0.25, 0.3) is 5.91 Å². The third kappa shape index (κ3) is 3.29. The molecular weight excluding hydrogens is 230 g/mol. The molecule has 1 amide bonds. The smallest absolute Gasteiger partial charge is 0.273 e. The summed E-state index contributed by atoms with van der Waals surface area (Å²) in [6.45, 7) is 1.89. The zero-order valence-electron chi connectivity index (χ0n) is 10.6. The Balaban J connectivity index is 3.05. The van der Waals surface area contributed by atoms with Crippen LogP contribution in [0.3, 0.4) is 0 Å². The fraction of sp³-hybridized carbons (Fsp3) is 0.385. The van der Waals surface area contributed by atoms with E-state index in [1.54, 1.807) is 26.1 Å². The predicted molar refractivity (Wildman–Crippen MR) is 68.8 cm³/mol. The van der Waals surface area contributed by atoms with Gasteiger partial charge >= 0.3 is 0 Å². The summed E-state index contributed by atoms with van der Waals surface area (Å²) in [4.78, 5) is 17.7. The van der Waals surface area contributed by atoms with E-state index in [-0.39, 0.29) is 30.8 Å². The molecule has 0 aliphatic heterocycles. The number of nitrogens with two attached hydrogens (primary N) is 1. The van der Waals surface area contributed by atoms with Gasteiger partial charge in [0.1, 0.15) is 5.69 Å². The molecule has 96 valence electrons. The first kappa shape index (κ1) is 14.2. The fourth-order valence-electron chi connectivity index (χ4n) is 1.31. The Bertz CT molecular complexity index is 477. The van der Waals surface area contributed by atoms with Crippen LogP contribution in [0.25, 0.3) is 0 Å². The highest BCUT2D eigenvalue weighted by molar-refractivity contribution is 5.94. The van der Waals surface area contributed by atoms with Crippen molar-refractivity contribution in [1.29, 1.82) is 0 Å². The number of carbonyl (C=O) groups is 1. The van der Waals surface area contributed by atoms with E-state index in [2.05, 4.69) is 16.8 Å². The second-order valence-corrected chi connectivity index (χ2v) is 3.85. The van der Waals surface area contributed by atoms with E-state index in [0.29, 0.717) is 5.56 Å². The normalized spacial score (nSPS) is 11.3. The van der Waals surface area contributed by atoms with E-state index in [4.69, 9.17) is 10.8 Å².